The van der Waals surface area contributed by atoms with E-state index in [0.29, 0.717) is 5.69 Å². The first-order valence-corrected chi connectivity index (χ1v) is 6.30. The summed E-state index contributed by atoms with van der Waals surface area (Å²) in [4.78, 5) is 26.3. The molecule has 0 saturated carbocycles. The minimum atomic E-state index is -1.14. The number of aryl methyl sites for hydroxylation is 1. The molecule has 0 radical (unpaired) electrons. The Labute approximate surface area is 122 Å². The molecular formula is C16H14N2O3. The summed E-state index contributed by atoms with van der Waals surface area (Å²) in [5.41, 5.74) is 2.30. The number of anilines is 1. The number of amides is 1. The Balaban J connectivity index is 2.07. The molecule has 5 nitrogen and oxygen atoms in total. The quantitative estimate of drug-likeness (QED) is 0.845. The number of carbonyl (C=O) groups is 2. The third-order valence-electron chi connectivity index (χ3n) is 2.85. The molecule has 1 heterocycles. The summed E-state index contributed by atoms with van der Waals surface area (Å²) in [6.07, 6.45) is 4.46. The van der Waals surface area contributed by atoms with Crippen LogP contribution in [0.1, 0.15) is 21.6 Å². The van der Waals surface area contributed by atoms with Crippen molar-refractivity contribution in [2.45, 2.75) is 6.92 Å². The van der Waals surface area contributed by atoms with Gasteiger partial charge in [0.2, 0.25) is 5.91 Å². The van der Waals surface area contributed by atoms with Gasteiger partial charge in [-0.3, -0.25) is 4.79 Å². The molecule has 0 fully saturated rings. The van der Waals surface area contributed by atoms with Crippen molar-refractivity contribution in [3.05, 3.63) is 65.5 Å². The van der Waals surface area contributed by atoms with E-state index < -0.39 is 5.97 Å². The van der Waals surface area contributed by atoms with Crippen LogP contribution in [0.25, 0.3) is 6.08 Å². The number of hydrogen-bond donors (Lipinski definition) is 2. The molecule has 0 spiro atoms. The Morgan fingerprint density at radius 2 is 2.00 bits per heavy atom. The molecule has 0 bridgehead atoms. The van der Waals surface area contributed by atoms with Crippen molar-refractivity contribution in [2.24, 2.45) is 0 Å². The molecule has 21 heavy (non-hydrogen) atoms. The molecule has 5 heteroatoms. The first-order chi connectivity index (χ1) is 10.1. The Kier molecular flexibility index (Phi) is 4.46. The third-order valence-corrected chi connectivity index (χ3v) is 2.85. The van der Waals surface area contributed by atoms with Gasteiger partial charge in [0.05, 0.1) is 0 Å². The maximum Gasteiger partial charge on any atom is 0.354 e. The largest absolute Gasteiger partial charge is 0.477 e. The van der Waals surface area contributed by atoms with Crippen LogP contribution in [0.3, 0.4) is 0 Å². The van der Waals surface area contributed by atoms with E-state index in [1.54, 1.807) is 6.08 Å². The fraction of sp³-hybridized carbons (Fsp3) is 0.0625. The van der Waals surface area contributed by atoms with Gasteiger partial charge in [0.15, 0.2) is 0 Å². The van der Waals surface area contributed by atoms with E-state index in [9.17, 15) is 9.59 Å². The van der Waals surface area contributed by atoms with E-state index in [-0.39, 0.29) is 11.6 Å². The van der Waals surface area contributed by atoms with Crippen LogP contribution >= 0.6 is 0 Å². The highest BCUT2D eigenvalue weighted by atomic mass is 16.4. The second-order valence-corrected chi connectivity index (χ2v) is 4.41. The number of pyridine rings is 1. The van der Waals surface area contributed by atoms with E-state index in [1.807, 2.05) is 31.2 Å². The average Bonchev–Trinajstić information content (AvgIpc) is 2.46. The molecule has 106 valence electrons. The Morgan fingerprint density at radius 3 is 2.71 bits per heavy atom. The van der Waals surface area contributed by atoms with Crippen molar-refractivity contribution in [3.8, 4) is 0 Å². The Bertz CT molecular complexity index is 708. The summed E-state index contributed by atoms with van der Waals surface area (Å²) in [5.74, 6) is -1.47. The molecule has 0 aliphatic rings. The molecule has 1 aromatic carbocycles. The number of carboxylic acids is 1. The summed E-state index contributed by atoms with van der Waals surface area (Å²) in [7, 11) is 0. The van der Waals surface area contributed by atoms with Gasteiger partial charge >= 0.3 is 5.97 Å². The number of nitrogens with zero attached hydrogens (tertiary/aromatic N) is 1. The summed E-state index contributed by atoms with van der Waals surface area (Å²) in [6.45, 7) is 1.96. The van der Waals surface area contributed by atoms with Gasteiger partial charge in [0.25, 0.3) is 0 Å². The summed E-state index contributed by atoms with van der Waals surface area (Å²) >= 11 is 0. The van der Waals surface area contributed by atoms with Crippen LogP contribution in [-0.2, 0) is 4.79 Å². The number of aromatic carboxylic acids is 1. The van der Waals surface area contributed by atoms with Crippen molar-refractivity contribution in [1.82, 2.24) is 4.98 Å². The van der Waals surface area contributed by atoms with E-state index in [4.69, 9.17) is 5.11 Å². The maximum atomic E-state index is 11.8. The van der Waals surface area contributed by atoms with Gasteiger partial charge in [0.1, 0.15) is 5.69 Å². The Hall–Kier alpha value is -2.95. The van der Waals surface area contributed by atoms with Crippen LogP contribution in [0.4, 0.5) is 5.69 Å². The van der Waals surface area contributed by atoms with Crippen molar-refractivity contribution >= 4 is 23.6 Å². The number of rotatable bonds is 4. The van der Waals surface area contributed by atoms with Crippen LogP contribution < -0.4 is 5.32 Å². The maximum absolute atomic E-state index is 11.8. The predicted molar refractivity (Wildman–Crippen MR) is 80.0 cm³/mol. The molecule has 1 aromatic heterocycles. The molecule has 2 N–H and O–H groups in total. The molecule has 0 unspecified atom stereocenters. The second-order valence-electron chi connectivity index (χ2n) is 4.41. The number of benzene rings is 1. The monoisotopic (exact) mass is 282 g/mol. The molecular weight excluding hydrogens is 268 g/mol. The van der Waals surface area contributed by atoms with Gasteiger partial charge in [-0.05, 0) is 36.3 Å². The Morgan fingerprint density at radius 1 is 1.24 bits per heavy atom. The number of aromatic nitrogens is 1. The molecule has 2 aromatic rings. The van der Waals surface area contributed by atoms with Crippen LogP contribution in [-0.4, -0.2) is 22.0 Å². The smallest absolute Gasteiger partial charge is 0.354 e. The first-order valence-electron chi connectivity index (χ1n) is 6.30. The van der Waals surface area contributed by atoms with Gasteiger partial charge in [0, 0.05) is 18.0 Å². The zero-order chi connectivity index (χ0) is 15.2. The zero-order valence-electron chi connectivity index (χ0n) is 11.4. The molecule has 0 aliphatic carbocycles. The van der Waals surface area contributed by atoms with E-state index in [1.165, 1.54) is 24.4 Å². The van der Waals surface area contributed by atoms with Crippen LogP contribution in [0, 0.1) is 6.92 Å². The number of carboxylic acid groups (broad SMARTS) is 1. The van der Waals surface area contributed by atoms with E-state index in [0.717, 1.165) is 11.1 Å². The SMILES string of the molecule is Cc1ccccc1C=CC(=O)Nc1ccnc(C(=O)O)c1. The first kappa shape index (κ1) is 14.5. The van der Waals surface area contributed by atoms with E-state index in [2.05, 4.69) is 10.3 Å². The van der Waals surface area contributed by atoms with Gasteiger partial charge in [-0.15, -0.1) is 0 Å². The van der Waals surface area contributed by atoms with Crippen molar-refractivity contribution < 1.29 is 14.7 Å². The van der Waals surface area contributed by atoms with Crippen LogP contribution in [0.2, 0.25) is 0 Å². The lowest BCUT2D eigenvalue weighted by Crippen LogP contribution is -2.09. The predicted octanol–water partition coefficient (Wildman–Crippen LogP) is 2.74. The minimum absolute atomic E-state index is 0.115. The van der Waals surface area contributed by atoms with Crippen molar-refractivity contribution in [2.75, 3.05) is 5.32 Å². The standard InChI is InChI=1S/C16H14N2O3/c1-11-4-2-3-5-12(11)6-7-15(19)18-13-8-9-17-14(10-13)16(20)21/h2-10H,1H3,(H,20,21)(H,17,18,19). The van der Waals surface area contributed by atoms with Crippen molar-refractivity contribution in [1.29, 1.82) is 0 Å². The van der Waals surface area contributed by atoms with Gasteiger partial charge < -0.3 is 10.4 Å². The van der Waals surface area contributed by atoms with E-state index >= 15 is 0 Å². The number of carbonyl (C=O) groups excluding carboxylic acids is 1. The third kappa shape index (κ3) is 4.01. The highest BCUT2D eigenvalue weighted by Crippen LogP contribution is 2.10. The summed E-state index contributed by atoms with van der Waals surface area (Å²) in [5, 5.41) is 11.4. The van der Waals surface area contributed by atoms with Gasteiger partial charge in [-0.2, -0.15) is 0 Å². The lowest BCUT2D eigenvalue weighted by atomic mass is 10.1. The number of nitrogens with one attached hydrogen (secondary N) is 1. The fourth-order valence-electron chi connectivity index (χ4n) is 1.75. The molecule has 0 aliphatic heterocycles. The molecule has 1 amide bonds. The van der Waals surface area contributed by atoms with Crippen LogP contribution in [0.5, 0.6) is 0 Å². The average molecular weight is 282 g/mol. The summed E-state index contributed by atoms with van der Waals surface area (Å²) in [6, 6.07) is 10.5. The van der Waals surface area contributed by atoms with Crippen LogP contribution in [0.15, 0.2) is 48.7 Å². The highest BCUT2D eigenvalue weighted by Gasteiger charge is 2.06. The topological polar surface area (TPSA) is 79.3 Å². The summed E-state index contributed by atoms with van der Waals surface area (Å²) < 4.78 is 0. The van der Waals surface area contributed by atoms with Gasteiger partial charge in [-0.1, -0.05) is 24.3 Å². The lowest BCUT2D eigenvalue weighted by Gasteiger charge is -2.03. The molecule has 0 atom stereocenters. The van der Waals surface area contributed by atoms with Crippen molar-refractivity contribution in [3.63, 3.8) is 0 Å². The number of hydrogen-bond acceptors (Lipinski definition) is 3. The molecule has 2 rings (SSSR count). The highest BCUT2D eigenvalue weighted by molar-refractivity contribution is 6.02. The normalized spacial score (nSPS) is 10.5. The fourth-order valence-corrected chi connectivity index (χ4v) is 1.75. The lowest BCUT2D eigenvalue weighted by molar-refractivity contribution is -0.111. The molecule has 0 saturated heterocycles. The second kappa shape index (κ2) is 6.47. The van der Waals surface area contributed by atoms with Gasteiger partial charge in [-0.25, -0.2) is 9.78 Å². The zero-order valence-corrected chi connectivity index (χ0v) is 11.4. The minimum Gasteiger partial charge on any atom is -0.477 e.